The normalized spacial score (nSPS) is 16.2. The lowest BCUT2D eigenvalue weighted by atomic mass is 9.79. The molecule has 6 nitrogen and oxygen atoms in total. The molecule has 0 saturated heterocycles. The van der Waals surface area contributed by atoms with E-state index >= 15 is 0 Å². The minimum Gasteiger partial charge on any atom is -0.507 e. The summed E-state index contributed by atoms with van der Waals surface area (Å²) in [6.07, 6.45) is -4.61. The van der Waals surface area contributed by atoms with Crippen LogP contribution >= 0.6 is 0 Å². The van der Waals surface area contributed by atoms with Gasteiger partial charge in [0.25, 0.3) is 0 Å². The minimum absolute atomic E-state index is 0.0585. The summed E-state index contributed by atoms with van der Waals surface area (Å²) in [5.41, 5.74) is 0.712. The highest BCUT2D eigenvalue weighted by Crippen LogP contribution is 2.51. The SMILES string of the molecule is CCN(CC)c1ccc(C2(c3cccc(Nc4cccc(C(F)(F)F)c4OC)c3)OC(=O)c3ccccc32)c(O)c1. The van der Waals surface area contributed by atoms with Crippen molar-refractivity contribution in [1.82, 2.24) is 0 Å². The van der Waals surface area contributed by atoms with Crippen molar-refractivity contribution in [2.24, 2.45) is 0 Å². The molecular weight excluding hydrogens is 533 g/mol. The highest BCUT2D eigenvalue weighted by Gasteiger charge is 2.50. The predicted octanol–water partition coefficient (Wildman–Crippen LogP) is 7.47. The number of carbonyl (C=O) groups is 1. The summed E-state index contributed by atoms with van der Waals surface area (Å²) in [7, 11) is 1.18. The fourth-order valence-electron chi connectivity index (χ4n) is 5.44. The van der Waals surface area contributed by atoms with E-state index < -0.39 is 23.3 Å². The molecule has 1 atom stereocenters. The van der Waals surface area contributed by atoms with Crippen LogP contribution < -0.4 is 15.0 Å². The Hall–Kier alpha value is -4.66. The van der Waals surface area contributed by atoms with E-state index in [1.54, 1.807) is 60.7 Å². The lowest BCUT2D eigenvalue weighted by molar-refractivity contribution is -0.138. The Morgan fingerprint density at radius 2 is 1.66 bits per heavy atom. The molecule has 1 aliphatic heterocycles. The number of hydrogen-bond donors (Lipinski definition) is 2. The summed E-state index contributed by atoms with van der Waals surface area (Å²) in [4.78, 5) is 15.2. The van der Waals surface area contributed by atoms with Crippen LogP contribution in [0.15, 0.2) is 84.9 Å². The van der Waals surface area contributed by atoms with Crippen LogP contribution in [0, 0.1) is 0 Å². The zero-order valence-electron chi connectivity index (χ0n) is 22.8. The highest BCUT2D eigenvalue weighted by molar-refractivity contribution is 5.96. The number of hydrogen-bond acceptors (Lipinski definition) is 6. The molecule has 1 aliphatic rings. The van der Waals surface area contributed by atoms with Crippen LogP contribution in [0.25, 0.3) is 0 Å². The van der Waals surface area contributed by atoms with Gasteiger partial charge in [-0.2, -0.15) is 13.2 Å². The molecule has 0 amide bonds. The fourth-order valence-corrected chi connectivity index (χ4v) is 5.44. The Labute approximate surface area is 236 Å². The molecule has 0 aromatic heterocycles. The Balaban J connectivity index is 1.66. The van der Waals surface area contributed by atoms with Gasteiger partial charge in [0.15, 0.2) is 11.4 Å². The smallest absolute Gasteiger partial charge is 0.420 e. The first-order chi connectivity index (χ1) is 19.6. The second kappa shape index (κ2) is 10.7. The summed E-state index contributed by atoms with van der Waals surface area (Å²) in [6.45, 7) is 5.52. The fraction of sp³-hybridized carbons (Fsp3) is 0.219. The number of anilines is 3. The van der Waals surface area contributed by atoms with E-state index in [0.717, 1.165) is 24.8 Å². The molecule has 212 valence electrons. The van der Waals surface area contributed by atoms with Gasteiger partial charge in [-0.25, -0.2) is 4.79 Å². The summed E-state index contributed by atoms with van der Waals surface area (Å²) in [5.74, 6) is -0.954. The average Bonchev–Trinajstić information content (AvgIpc) is 3.26. The Kier molecular flexibility index (Phi) is 7.29. The Morgan fingerprint density at radius 1 is 0.927 bits per heavy atom. The summed E-state index contributed by atoms with van der Waals surface area (Å²) >= 11 is 0. The number of rotatable bonds is 8. The number of benzene rings is 4. The summed E-state index contributed by atoms with van der Waals surface area (Å²) in [5, 5.41) is 14.4. The molecule has 1 heterocycles. The molecule has 2 N–H and O–H groups in total. The van der Waals surface area contributed by atoms with Crippen LogP contribution in [0.5, 0.6) is 11.5 Å². The number of phenols is 1. The molecule has 0 saturated carbocycles. The molecule has 9 heteroatoms. The van der Waals surface area contributed by atoms with Gasteiger partial charge in [0, 0.05) is 47.2 Å². The molecule has 4 aromatic rings. The third kappa shape index (κ3) is 4.81. The first-order valence-corrected chi connectivity index (χ1v) is 13.2. The Bertz CT molecular complexity index is 1600. The van der Waals surface area contributed by atoms with E-state index in [-0.39, 0.29) is 17.2 Å². The number of carbonyl (C=O) groups excluding carboxylic acids is 1. The topological polar surface area (TPSA) is 71.0 Å². The Morgan fingerprint density at radius 3 is 2.34 bits per heavy atom. The number of alkyl halides is 3. The summed E-state index contributed by atoms with van der Waals surface area (Å²) in [6, 6.07) is 22.8. The van der Waals surface area contributed by atoms with Crippen molar-refractivity contribution in [3.8, 4) is 11.5 Å². The molecule has 41 heavy (non-hydrogen) atoms. The van der Waals surface area contributed by atoms with E-state index in [0.29, 0.717) is 27.9 Å². The molecule has 0 spiro atoms. The molecule has 0 radical (unpaired) electrons. The van der Waals surface area contributed by atoms with Crippen molar-refractivity contribution in [2.75, 3.05) is 30.4 Å². The second-order valence-corrected chi connectivity index (χ2v) is 9.58. The molecule has 0 bridgehead atoms. The van der Waals surface area contributed by atoms with Gasteiger partial charge in [-0.05, 0) is 56.3 Å². The van der Waals surface area contributed by atoms with Crippen molar-refractivity contribution in [3.63, 3.8) is 0 Å². The number of cyclic esters (lactones) is 1. The van der Waals surface area contributed by atoms with Gasteiger partial charge in [-0.3, -0.25) is 0 Å². The van der Waals surface area contributed by atoms with Crippen LogP contribution in [-0.4, -0.2) is 31.3 Å². The van der Waals surface area contributed by atoms with Crippen LogP contribution in [0.1, 0.15) is 46.5 Å². The number of nitrogens with one attached hydrogen (secondary N) is 1. The first-order valence-electron chi connectivity index (χ1n) is 13.2. The number of ether oxygens (including phenoxy) is 2. The van der Waals surface area contributed by atoms with Crippen LogP contribution in [0.4, 0.5) is 30.2 Å². The van der Waals surface area contributed by atoms with E-state index in [1.165, 1.54) is 19.2 Å². The van der Waals surface area contributed by atoms with Crippen LogP contribution in [0.2, 0.25) is 0 Å². The van der Waals surface area contributed by atoms with Gasteiger partial charge in [0.05, 0.1) is 23.9 Å². The maximum Gasteiger partial charge on any atom is 0.420 e. The molecule has 0 aliphatic carbocycles. The number of methoxy groups -OCH3 is 1. The number of halogens is 3. The molecule has 4 aromatic carbocycles. The van der Waals surface area contributed by atoms with E-state index in [4.69, 9.17) is 9.47 Å². The van der Waals surface area contributed by atoms with Gasteiger partial charge in [-0.1, -0.05) is 36.4 Å². The lowest BCUT2D eigenvalue weighted by Crippen LogP contribution is -2.30. The number of phenolic OH excluding ortho intramolecular Hbond substituents is 1. The van der Waals surface area contributed by atoms with Gasteiger partial charge >= 0.3 is 12.1 Å². The van der Waals surface area contributed by atoms with Gasteiger partial charge in [0.1, 0.15) is 5.75 Å². The van der Waals surface area contributed by atoms with E-state index in [1.807, 2.05) is 19.9 Å². The van der Waals surface area contributed by atoms with Crippen LogP contribution in [-0.2, 0) is 16.5 Å². The van der Waals surface area contributed by atoms with E-state index in [2.05, 4.69) is 10.2 Å². The molecule has 5 rings (SSSR count). The minimum atomic E-state index is -4.61. The van der Waals surface area contributed by atoms with Gasteiger partial charge in [-0.15, -0.1) is 0 Å². The molecular formula is C32H29F3N2O4. The van der Waals surface area contributed by atoms with Crippen molar-refractivity contribution < 1.29 is 32.5 Å². The quantitative estimate of drug-likeness (QED) is 0.217. The first kappa shape index (κ1) is 27.9. The molecule has 0 fully saturated rings. The number of para-hydroxylation sites is 1. The third-order valence-electron chi connectivity index (χ3n) is 7.33. The van der Waals surface area contributed by atoms with Crippen molar-refractivity contribution in [1.29, 1.82) is 0 Å². The largest absolute Gasteiger partial charge is 0.507 e. The predicted molar refractivity (Wildman–Crippen MR) is 151 cm³/mol. The maximum atomic E-state index is 13.6. The number of fused-ring (bicyclic) bond motifs is 1. The number of nitrogens with zero attached hydrogens (tertiary/aromatic N) is 1. The van der Waals surface area contributed by atoms with E-state index in [9.17, 15) is 23.1 Å². The summed E-state index contributed by atoms with van der Waals surface area (Å²) < 4.78 is 52.1. The van der Waals surface area contributed by atoms with Gasteiger partial charge < -0.3 is 24.8 Å². The van der Waals surface area contributed by atoms with Crippen molar-refractivity contribution >= 4 is 23.0 Å². The molecule has 1 unspecified atom stereocenters. The maximum absolute atomic E-state index is 13.6. The van der Waals surface area contributed by atoms with Crippen molar-refractivity contribution in [3.05, 3.63) is 113 Å². The zero-order chi connectivity index (χ0) is 29.4. The van der Waals surface area contributed by atoms with Gasteiger partial charge in [0.2, 0.25) is 0 Å². The monoisotopic (exact) mass is 562 g/mol. The number of aromatic hydroxyl groups is 1. The lowest BCUT2D eigenvalue weighted by Gasteiger charge is -2.32. The highest BCUT2D eigenvalue weighted by atomic mass is 19.4. The third-order valence-corrected chi connectivity index (χ3v) is 7.33. The standard InChI is InChI=1S/C32H29F3N2O4/c1-4-37(5-2)22-16-17-25(28(38)19-22)31(24-13-7-6-12-23(24)30(39)41-31)20-10-8-11-21(18-20)36-27-15-9-14-26(29(27)40-3)32(33,34)35/h6-19,36,38H,4-5H2,1-3H3. The zero-order valence-corrected chi connectivity index (χ0v) is 22.8. The average molecular weight is 563 g/mol. The van der Waals surface area contributed by atoms with Crippen molar-refractivity contribution in [2.45, 2.75) is 25.6 Å². The number of esters is 1. The second-order valence-electron chi connectivity index (χ2n) is 9.58. The van der Waals surface area contributed by atoms with Crippen LogP contribution in [0.3, 0.4) is 0 Å².